The highest BCUT2D eigenvalue weighted by Gasteiger charge is 2.51. The van der Waals surface area contributed by atoms with Crippen molar-refractivity contribution in [1.82, 2.24) is 9.80 Å². The maximum absolute atomic E-state index is 13.0. The van der Waals surface area contributed by atoms with E-state index < -0.39 is 9.84 Å². The van der Waals surface area contributed by atoms with Crippen molar-refractivity contribution < 1.29 is 18.0 Å². The molecule has 2 aliphatic rings. The molecule has 3 atom stereocenters. The Kier molecular flexibility index (Phi) is 5.60. The Morgan fingerprint density at radius 3 is 2.30 bits per heavy atom. The van der Waals surface area contributed by atoms with Crippen LogP contribution < -0.4 is 0 Å². The van der Waals surface area contributed by atoms with E-state index in [0.29, 0.717) is 19.4 Å². The minimum absolute atomic E-state index is 0.0136. The van der Waals surface area contributed by atoms with Crippen LogP contribution in [0.5, 0.6) is 0 Å². The summed E-state index contributed by atoms with van der Waals surface area (Å²) in [5, 5.41) is 0. The lowest BCUT2D eigenvalue weighted by Gasteiger charge is -2.28. The van der Waals surface area contributed by atoms with Crippen LogP contribution in [0.3, 0.4) is 0 Å². The van der Waals surface area contributed by atoms with Crippen molar-refractivity contribution in [3.63, 3.8) is 0 Å². The third-order valence-electron chi connectivity index (χ3n) is 5.63. The first-order chi connectivity index (χ1) is 12.7. The summed E-state index contributed by atoms with van der Waals surface area (Å²) in [5.74, 6) is -0.516. The Morgan fingerprint density at radius 2 is 1.74 bits per heavy atom. The van der Waals surface area contributed by atoms with Gasteiger partial charge in [-0.05, 0) is 32.3 Å². The molecule has 3 rings (SSSR count). The lowest BCUT2D eigenvalue weighted by Crippen LogP contribution is -2.41. The number of amides is 2. The van der Waals surface area contributed by atoms with E-state index in [2.05, 4.69) is 0 Å². The average molecular weight is 393 g/mol. The Hall–Kier alpha value is -1.89. The van der Waals surface area contributed by atoms with Crippen molar-refractivity contribution in [3.05, 3.63) is 35.9 Å². The minimum atomic E-state index is -3.04. The molecule has 148 valence electrons. The first-order valence-corrected chi connectivity index (χ1v) is 11.3. The summed E-state index contributed by atoms with van der Waals surface area (Å²) in [4.78, 5) is 29.1. The van der Waals surface area contributed by atoms with E-state index in [1.54, 1.807) is 11.9 Å². The maximum atomic E-state index is 13.0. The van der Waals surface area contributed by atoms with E-state index in [-0.39, 0.29) is 47.2 Å². The minimum Gasteiger partial charge on any atom is -0.341 e. The quantitative estimate of drug-likeness (QED) is 0.739. The van der Waals surface area contributed by atoms with Gasteiger partial charge in [0.15, 0.2) is 9.84 Å². The van der Waals surface area contributed by atoms with E-state index in [9.17, 15) is 18.0 Å². The van der Waals surface area contributed by atoms with E-state index in [1.807, 2.05) is 49.1 Å². The summed E-state index contributed by atoms with van der Waals surface area (Å²) >= 11 is 0. The number of hydrogen-bond acceptors (Lipinski definition) is 4. The highest BCUT2D eigenvalue weighted by Crippen LogP contribution is 2.42. The molecule has 0 radical (unpaired) electrons. The topological polar surface area (TPSA) is 74.8 Å². The van der Waals surface area contributed by atoms with E-state index in [0.717, 1.165) is 5.56 Å². The largest absolute Gasteiger partial charge is 0.341 e. The van der Waals surface area contributed by atoms with E-state index in [4.69, 9.17) is 0 Å². The lowest BCUT2D eigenvalue weighted by molar-refractivity contribution is -0.139. The first-order valence-electron chi connectivity index (χ1n) is 9.51. The zero-order valence-corrected chi connectivity index (χ0v) is 17.0. The normalized spacial score (nSPS) is 26.0. The van der Waals surface area contributed by atoms with E-state index in [1.165, 1.54) is 0 Å². The number of hydrogen-bond donors (Lipinski definition) is 0. The molecule has 2 fully saturated rings. The molecule has 1 aliphatic carbocycles. The second kappa shape index (κ2) is 7.62. The molecular weight excluding hydrogens is 364 g/mol. The highest BCUT2D eigenvalue weighted by molar-refractivity contribution is 7.91. The van der Waals surface area contributed by atoms with Crippen LogP contribution in [0.2, 0.25) is 0 Å². The molecule has 0 aromatic heterocycles. The van der Waals surface area contributed by atoms with Crippen molar-refractivity contribution in [3.8, 4) is 0 Å². The molecule has 1 aromatic rings. The van der Waals surface area contributed by atoms with Crippen LogP contribution in [0.4, 0.5) is 0 Å². The number of sulfone groups is 1. The molecule has 6 nitrogen and oxygen atoms in total. The number of benzene rings is 1. The van der Waals surface area contributed by atoms with Crippen LogP contribution in [-0.2, 0) is 26.0 Å². The molecule has 1 aromatic carbocycles. The second-order valence-corrected chi connectivity index (χ2v) is 10.2. The first kappa shape index (κ1) is 19.9. The molecule has 27 heavy (non-hydrogen) atoms. The molecule has 7 heteroatoms. The Morgan fingerprint density at radius 1 is 1.11 bits per heavy atom. The molecule has 0 bridgehead atoms. The van der Waals surface area contributed by atoms with Gasteiger partial charge in [-0.3, -0.25) is 9.59 Å². The van der Waals surface area contributed by atoms with Gasteiger partial charge < -0.3 is 9.80 Å². The number of carbonyl (C=O) groups excluding carboxylic acids is 2. The number of nitrogens with zero attached hydrogens (tertiary/aromatic N) is 2. The third kappa shape index (κ3) is 4.51. The smallest absolute Gasteiger partial charge is 0.227 e. The summed E-state index contributed by atoms with van der Waals surface area (Å²) < 4.78 is 23.3. The van der Waals surface area contributed by atoms with Crippen molar-refractivity contribution in [2.45, 2.75) is 45.3 Å². The zero-order valence-electron chi connectivity index (χ0n) is 16.2. The van der Waals surface area contributed by atoms with Gasteiger partial charge in [-0.15, -0.1) is 0 Å². The van der Waals surface area contributed by atoms with Crippen LogP contribution >= 0.6 is 0 Å². The second-order valence-electron chi connectivity index (χ2n) is 8.00. The van der Waals surface area contributed by atoms with Crippen molar-refractivity contribution in [2.75, 3.05) is 18.6 Å². The third-order valence-corrected chi connectivity index (χ3v) is 7.38. The molecule has 3 unspecified atom stereocenters. The summed E-state index contributed by atoms with van der Waals surface area (Å²) in [5.41, 5.74) is 1.07. The summed E-state index contributed by atoms with van der Waals surface area (Å²) in [6.07, 6.45) is 1.04. The van der Waals surface area contributed by atoms with Gasteiger partial charge in [-0.25, -0.2) is 8.42 Å². The molecule has 0 spiro atoms. The lowest BCUT2D eigenvalue weighted by atomic mass is 10.1. The Labute approximate surface area is 161 Å². The fourth-order valence-electron chi connectivity index (χ4n) is 3.77. The van der Waals surface area contributed by atoms with Gasteiger partial charge in [0, 0.05) is 25.7 Å². The molecule has 1 saturated heterocycles. The van der Waals surface area contributed by atoms with Crippen molar-refractivity contribution >= 4 is 21.7 Å². The van der Waals surface area contributed by atoms with Crippen molar-refractivity contribution in [2.24, 2.45) is 11.8 Å². The molecule has 1 saturated carbocycles. The van der Waals surface area contributed by atoms with Crippen LogP contribution in [0.1, 0.15) is 32.3 Å². The van der Waals surface area contributed by atoms with Crippen molar-refractivity contribution in [1.29, 1.82) is 0 Å². The summed E-state index contributed by atoms with van der Waals surface area (Å²) in [6.45, 7) is 4.50. The van der Waals surface area contributed by atoms with Gasteiger partial charge in [0.1, 0.15) is 0 Å². The van der Waals surface area contributed by atoms with Gasteiger partial charge in [-0.2, -0.15) is 0 Å². The van der Waals surface area contributed by atoms with Gasteiger partial charge in [0.2, 0.25) is 11.8 Å². The molecule has 1 heterocycles. The molecule has 1 aliphatic heterocycles. The Balaban J connectivity index is 1.62. The van der Waals surface area contributed by atoms with Gasteiger partial charge >= 0.3 is 0 Å². The number of carbonyl (C=O) groups is 2. The fourth-order valence-corrected chi connectivity index (χ4v) is 5.55. The van der Waals surface area contributed by atoms with Gasteiger partial charge in [0.25, 0.3) is 0 Å². The van der Waals surface area contributed by atoms with Crippen LogP contribution in [0.25, 0.3) is 0 Å². The van der Waals surface area contributed by atoms with Crippen LogP contribution in [-0.4, -0.2) is 60.7 Å². The predicted octanol–water partition coefficient (Wildman–Crippen LogP) is 1.71. The predicted molar refractivity (Wildman–Crippen MR) is 104 cm³/mol. The fraction of sp³-hybridized carbons (Fsp3) is 0.600. The average Bonchev–Trinajstić information content (AvgIpc) is 3.35. The monoisotopic (exact) mass is 392 g/mol. The number of rotatable bonds is 6. The zero-order chi connectivity index (χ0) is 19.8. The van der Waals surface area contributed by atoms with Gasteiger partial charge in [0.05, 0.1) is 23.3 Å². The maximum Gasteiger partial charge on any atom is 0.227 e. The molecular formula is C20H28N2O4S. The molecule has 2 amide bonds. The highest BCUT2D eigenvalue weighted by atomic mass is 32.2. The van der Waals surface area contributed by atoms with Gasteiger partial charge in [-0.1, -0.05) is 30.3 Å². The summed E-state index contributed by atoms with van der Waals surface area (Å²) in [7, 11) is -1.37. The standard InChI is InChI=1S/C20H28N2O4S/c1-14(2)22(12-15-7-5-4-6-8-15)20(24)18-11-17(18)19(23)21(3)16-9-10-27(25,26)13-16/h4-8,14,16-18H,9-13H2,1-3H3. The Bertz CT molecular complexity index is 807. The molecule has 0 N–H and O–H groups in total. The van der Waals surface area contributed by atoms with Crippen LogP contribution in [0.15, 0.2) is 30.3 Å². The van der Waals surface area contributed by atoms with Crippen LogP contribution in [0, 0.1) is 11.8 Å². The van der Waals surface area contributed by atoms with E-state index >= 15 is 0 Å². The summed E-state index contributed by atoms with van der Waals surface area (Å²) in [6, 6.07) is 9.62. The SMILES string of the molecule is CC(C)N(Cc1ccccc1)C(=O)C1CC1C(=O)N(C)C1CCS(=O)(=O)C1.